The lowest BCUT2D eigenvalue weighted by Crippen LogP contribution is -2.46. The van der Waals surface area contributed by atoms with Crippen molar-refractivity contribution in [2.24, 2.45) is 28.8 Å². The number of benzene rings is 3. The smallest absolute Gasteiger partial charge is 0.312 e. The summed E-state index contributed by atoms with van der Waals surface area (Å²) < 4.78 is 29.4. The fourth-order valence-electron chi connectivity index (χ4n) is 8.34. The summed E-state index contributed by atoms with van der Waals surface area (Å²) in [4.78, 5) is 46.2. The van der Waals surface area contributed by atoms with Crippen LogP contribution < -0.4 is 14.8 Å². The molecule has 3 aromatic carbocycles. The Labute approximate surface area is 385 Å². The van der Waals surface area contributed by atoms with Crippen molar-refractivity contribution in [3.63, 3.8) is 0 Å². The van der Waals surface area contributed by atoms with Crippen molar-refractivity contribution in [2.75, 3.05) is 25.6 Å². The van der Waals surface area contributed by atoms with Gasteiger partial charge in [-0.2, -0.15) is 0 Å². The first kappa shape index (κ1) is 50.9. The molecule has 0 spiro atoms. The number of para-hydroxylation sites is 1. The number of anilines is 1. The number of allylic oxidation sites excluding steroid dienone is 2. The predicted molar refractivity (Wildman–Crippen MR) is 248 cm³/mol. The highest BCUT2D eigenvalue weighted by molar-refractivity contribution is 6.23. The number of hydrogen-bond acceptors (Lipinski definition) is 15. The van der Waals surface area contributed by atoms with Gasteiger partial charge in [0, 0.05) is 61.2 Å². The number of aliphatic hydroxyl groups is 2. The first-order valence-electron chi connectivity index (χ1n) is 22.3. The maximum Gasteiger partial charge on any atom is 0.312 e. The Hall–Kier alpha value is -6.10. The van der Waals surface area contributed by atoms with Crippen molar-refractivity contribution >= 4 is 40.3 Å². The third-order valence-electron chi connectivity index (χ3n) is 12.4. The molecule has 0 fully saturated rings. The SMILES string of the molecule is CO[C@H]1C=CO[C@@]2(C)Oc3c(C)c(O)c4c(O)c(c(/C=N/OCCCCCCOc5ccccc5)c(O)c4c3C2=O)NC(=O)/C(C)=C\C=C/[C@H](C)[C@H](O)[C@@H](C)[C@@H](O)[C@@H](C)[C@H](OC(C)=O)[C@@H]1C. The minimum atomic E-state index is -2.07. The van der Waals surface area contributed by atoms with Crippen LogP contribution in [0, 0.1) is 30.6 Å². The van der Waals surface area contributed by atoms with Crippen LogP contribution >= 0.6 is 0 Å². The molecule has 0 aromatic heterocycles. The lowest BCUT2D eigenvalue weighted by Gasteiger charge is -2.38. The summed E-state index contributed by atoms with van der Waals surface area (Å²) >= 11 is 0. The molecule has 66 heavy (non-hydrogen) atoms. The number of oxime groups is 1. The van der Waals surface area contributed by atoms with Crippen molar-refractivity contribution in [3.05, 3.63) is 83.2 Å². The summed E-state index contributed by atoms with van der Waals surface area (Å²) in [6, 6.07) is 9.54. The second-order valence-corrected chi connectivity index (χ2v) is 17.3. The Balaban J connectivity index is 1.54. The van der Waals surface area contributed by atoms with E-state index in [1.54, 1.807) is 39.8 Å². The van der Waals surface area contributed by atoms with Crippen molar-refractivity contribution < 1.29 is 68.4 Å². The predicted octanol–water partition coefficient (Wildman–Crippen LogP) is 7.74. The Morgan fingerprint density at radius 2 is 1.56 bits per heavy atom. The van der Waals surface area contributed by atoms with E-state index in [0.717, 1.165) is 31.2 Å². The molecule has 3 aromatic rings. The van der Waals surface area contributed by atoms with E-state index in [0.29, 0.717) is 13.0 Å². The molecule has 0 aliphatic carbocycles. The largest absolute Gasteiger partial charge is 0.507 e. The molecular weight excluding hydrogens is 853 g/mol. The summed E-state index contributed by atoms with van der Waals surface area (Å²) in [6.45, 7) is 13.2. The number of aliphatic hydroxyl groups excluding tert-OH is 2. The number of fused-ring (bicyclic) bond motifs is 14. The van der Waals surface area contributed by atoms with E-state index < -0.39 is 88.8 Å². The molecule has 0 saturated carbocycles. The molecule has 16 heteroatoms. The second kappa shape index (κ2) is 22.4. The van der Waals surface area contributed by atoms with Gasteiger partial charge in [0.25, 0.3) is 11.7 Å². The van der Waals surface area contributed by atoms with Crippen molar-refractivity contribution in [1.82, 2.24) is 0 Å². The Bertz CT molecular complexity index is 2340. The summed E-state index contributed by atoms with van der Waals surface area (Å²) in [5.41, 5.74) is -0.625. The third kappa shape index (κ3) is 11.3. The van der Waals surface area contributed by atoms with Gasteiger partial charge in [0.2, 0.25) is 0 Å². The maximum atomic E-state index is 14.5. The first-order chi connectivity index (χ1) is 31.3. The number of nitrogens with one attached hydrogen (secondary N) is 1. The number of hydrogen-bond donors (Lipinski definition) is 6. The van der Waals surface area contributed by atoms with Crippen LogP contribution in [0.25, 0.3) is 10.8 Å². The van der Waals surface area contributed by atoms with Gasteiger partial charge in [-0.15, -0.1) is 0 Å². The Kier molecular flexibility index (Phi) is 17.3. The number of amides is 1. The van der Waals surface area contributed by atoms with Gasteiger partial charge in [-0.3, -0.25) is 14.4 Å². The van der Waals surface area contributed by atoms with Crippen LogP contribution in [0.3, 0.4) is 0 Å². The number of esters is 1. The highest BCUT2D eigenvalue weighted by Gasteiger charge is 2.50. The van der Waals surface area contributed by atoms with Crippen LogP contribution in [0.15, 0.2) is 71.6 Å². The number of carbonyl (C=O) groups is 3. The van der Waals surface area contributed by atoms with Gasteiger partial charge < -0.3 is 59.4 Å². The van der Waals surface area contributed by atoms with E-state index in [1.807, 2.05) is 30.3 Å². The van der Waals surface area contributed by atoms with Crippen LogP contribution in [0.4, 0.5) is 5.69 Å². The zero-order valence-electron chi connectivity index (χ0n) is 39.1. The zero-order valence-corrected chi connectivity index (χ0v) is 39.1. The number of rotatable bonds is 12. The standard InChI is InChI=1S/C50H64N2O14/c1-27-18-17-19-28(2)49(60)52-40-35(26-51-64-24-16-11-10-15-23-62-34-20-13-12-14-21-34)44(57)37-38(45(40)58)43(56)32(6)47-39(37)48(59)50(8,66-47)63-25-22-36(61-9)29(3)46(65-33(7)53)31(5)42(55)30(4)41(27)54/h12-14,17-22,25-27,29-31,36,41-42,46,54-58H,10-11,15-16,23-24H2,1-9H3,(H,52,60)/b18-17-,25-22?,28-19-,51-26+/t27-,29+,30+,31+,36-,41-,42+,46+,50-/m0/s1. The summed E-state index contributed by atoms with van der Waals surface area (Å²) in [5.74, 6) is -7.89. The van der Waals surface area contributed by atoms with Gasteiger partial charge >= 0.3 is 11.8 Å². The van der Waals surface area contributed by atoms with Gasteiger partial charge in [-0.25, -0.2) is 0 Å². The Morgan fingerprint density at radius 1 is 0.879 bits per heavy atom. The van der Waals surface area contributed by atoms with Gasteiger partial charge in [0.15, 0.2) is 5.75 Å². The molecule has 3 aliphatic rings. The number of phenolic OH excluding ortho intramolecular Hbond substituents is 3. The molecule has 5 bridgehead atoms. The van der Waals surface area contributed by atoms with E-state index in [-0.39, 0.29) is 51.1 Å². The first-order valence-corrected chi connectivity index (χ1v) is 22.3. The van der Waals surface area contributed by atoms with Crippen molar-refractivity contribution in [3.8, 4) is 28.7 Å². The molecule has 16 nitrogen and oxygen atoms in total. The number of methoxy groups -OCH3 is 1. The number of ketones is 1. The fraction of sp³-hybridized carbons (Fsp3) is 0.480. The number of aromatic hydroxyl groups is 3. The summed E-state index contributed by atoms with van der Waals surface area (Å²) in [7, 11) is 1.43. The number of carbonyl (C=O) groups excluding carboxylic acids is 3. The fourth-order valence-corrected chi connectivity index (χ4v) is 8.34. The molecule has 0 unspecified atom stereocenters. The van der Waals surface area contributed by atoms with Crippen LogP contribution in [0.1, 0.15) is 95.6 Å². The number of Topliss-reactive ketones (excluding diaryl/α,β-unsaturated/α-hetero) is 1. The van der Waals surface area contributed by atoms with E-state index in [2.05, 4.69) is 10.5 Å². The van der Waals surface area contributed by atoms with Crippen LogP contribution in [0.2, 0.25) is 0 Å². The molecular formula is C50H64N2O14. The van der Waals surface area contributed by atoms with Gasteiger partial charge in [0.1, 0.15) is 35.7 Å². The molecule has 3 aliphatic heterocycles. The molecule has 9 atom stereocenters. The molecule has 6 N–H and O–H groups in total. The third-order valence-corrected chi connectivity index (χ3v) is 12.4. The van der Waals surface area contributed by atoms with Gasteiger partial charge in [-0.1, -0.05) is 69.3 Å². The minimum absolute atomic E-state index is 0.0305. The molecule has 358 valence electrons. The number of ether oxygens (including phenoxy) is 5. The molecule has 6 rings (SSSR count). The normalized spacial score (nSPS) is 27.5. The monoisotopic (exact) mass is 916 g/mol. The van der Waals surface area contributed by atoms with E-state index in [1.165, 1.54) is 53.2 Å². The highest BCUT2D eigenvalue weighted by Crippen LogP contribution is 2.55. The lowest BCUT2D eigenvalue weighted by molar-refractivity contribution is -0.160. The van der Waals surface area contributed by atoms with Crippen molar-refractivity contribution in [2.45, 2.75) is 111 Å². The van der Waals surface area contributed by atoms with E-state index in [4.69, 9.17) is 28.5 Å². The van der Waals surface area contributed by atoms with E-state index >= 15 is 0 Å². The molecule has 0 saturated heterocycles. The lowest BCUT2D eigenvalue weighted by atomic mass is 9.78. The summed E-state index contributed by atoms with van der Waals surface area (Å²) in [6.07, 6.45) is 7.70. The number of phenols is 3. The maximum absolute atomic E-state index is 14.5. The van der Waals surface area contributed by atoms with Crippen molar-refractivity contribution in [1.29, 1.82) is 0 Å². The highest BCUT2D eigenvalue weighted by atomic mass is 16.7. The number of unbranched alkanes of at least 4 members (excludes halogenated alkanes) is 3. The van der Waals surface area contributed by atoms with Crippen LogP contribution in [0.5, 0.6) is 28.7 Å². The number of nitrogens with zero attached hydrogens (tertiary/aromatic N) is 1. The average molecular weight is 917 g/mol. The van der Waals surface area contributed by atoms with Gasteiger partial charge in [-0.05, 0) is 57.7 Å². The molecule has 1 amide bonds. The second-order valence-electron chi connectivity index (χ2n) is 17.3. The topological polar surface area (TPSA) is 232 Å². The molecule has 3 heterocycles. The Morgan fingerprint density at radius 3 is 2.23 bits per heavy atom. The average Bonchev–Trinajstić information content (AvgIpc) is 3.56. The minimum Gasteiger partial charge on any atom is -0.507 e. The summed E-state index contributed by atoms with van der Waals surface area (Å²) in [5, 5.41) is 64.5. The van der Waals surface area contributed by atoms with Crippen LogP contribution in [-0.4, -0.2) is 99.9 Å². The van der Waals surface area contributed by atoms with Gasteiger partial charge in [0.05, 0.1) is 59.6 Å². The quantitative estimate of drug-likeness (QED) is 0.0255. The molecule has 0 radical (unpaired) electrons. The van der Waals surface area contributed by atoms with E-state index in [9.17, 15) is 39.9 Å². The zero-order chi connectivity index (χ0) is 48.5. The van der Waals surface area contributed by atoms with Crippen LogP contribution in [-0.2, 0) is 28.6 Å².